The third-order valence-corrected chi connectivity index (χ3v) is 0. The molecule has 0 aromatic carbocycles. The third kappa shape index (κ3) is 1150. The van der Waals surface area contributed by atoms with Crippen molar-refractivity contribution in [2.45, 2.75) is 20.0 Å². The van der Waals surface area contributed by atoms with Crippen LogP contribution in [0, 0.1) is 0 Å². The van der Waals surface area contributed by atoms with E-state index in [1.54, 1.807) is 0 Å². The molecular formula is C3H10FN. The summed E-state index contributed by atoms with van der Waals surface area (Å²) in [5, 5.41) is 0. The molecule has 0 spiro atoms. The predicted molar refractivity (Wildman–Crippen MR) is 21.3 cm³/mol. The van der Waals surface area contributed by atoms with Crippen molar-refractivity contribution in [1.82, 2.24) is 6.15 Å². The molecule has 0 rings (SSSR count). The van der Waals surface area contributed by atoms with Gasteiger partial charge in [-0.3, -0.25) is 0 Å². The Kier molecular flexibility index (Phi) is 6.89. The summed E-state index contributed by atoms with van der Waals surface area (Å²) in [6, 6.07) is 0. The zero-order chi connectivity index (χ0) is 3.58. The second-order valence-corrected chi connectivity index (χ2v) is 1.01. The SMILES string of the molecule is CC(C)F.N. The first kappa shape index (κ1) is 8.86. The van der Waals surface area contributed by atoms with Crippen LogP contribution in [0.15, 0.2) is 0 Å². The molecule has 2 heteroatoms. The van der Waals surface area contributed by atoms with Crippen LogP contribution >= 0.6 is 0 Å². The van der Waals surface area contributed by atoms with E-state index in [1.165, 1.54) is 13.8 Å². The fraction of sp³-hybridized carbons (Fsp3) is 1.00. The molecule has 0 heterocycles. The number of hydrogen-bond donors (Lipinski definition) is 1. The maximum atomic E-state index is 11.0. The van der Waals surface area contributed by atoms with Gasteiger partial charge in [-0.2, -0.15) is 0 Å². The minimum Gasteiger partial charge on any atom is -0.344 e. The molecule has 0 radical (unpaired) electrons. The molecule has 5 heavy (non-hydrogen) atoms. The van der Waals surface area contributed by atoms with Crippen LogP contribution in [0.3, 0.4) is 0 Å². The summed E-state index contributed by atoms with van der Waals surface area (Å²) in [7, 11) is 0. The van der Waals surface area contributed by atoms with E-state index in [4.69, 9.17) is 0 Å². The van der Waals surface area contributed by atoms with E-state index in [1.807, 2.05) is 0 Å². The number of hydrogen-bond acceptors (Lipinski definition) is 1. The van der Waals surface area contributed by atoms with Gasteiger partial charge in [-0.15, -0.1) is 0 Å². The Morgan fingerprint density at radius 3 is 1.40 bits per heavy atom. The molecule has 0 amide bonds. The second-order valence-electron chi connectivity index (χ2n) is 1.01. The fourth-order valence-electron chi connectivity index (χ4n) is 0. The molecule has 0 saturated heterocycles. The lowest BCUT2D eigenvalue weighted by molar-refractivity contribution is 0.391. The summed E-state index contributed by atoms with van der Waals surface area (Å²) in [5.74, 6) is 0. The van der Waals surface area contributed by atoms with E-state index in [9.17, 15) is 4.39 Å². The molecule has 1 nitrogen and oxygen atoms in total. The minimum atomic E-state index is -0.667. The van der Waals surface area contributed by atoms with Crippen molar-refractivity contribution in [3.63, 3.8) is 0 Å². The molecule has 34 valence electrons. The number of rotatable bonds is 0. The fourth-order valence-corrected chi connectivity index (χ4v) is 0. The Balaban J connectivity index is 0. The van der Waals surface area contributed by atoms with Gasteiger partial charge in [0.1, 0.15) is 0 Å². The first-order chi connectivity index (χ1) is 1.73. The molecule has 0 aromatic heterocycles. The first-order valence-electron chi connectivity index (χ1n) is 1.37. The molecule has 0 bridgehead atoms. The highest BCUT2D eigenvalue weighted by Gasteiger charge is 1.73. The van der Waals surface area contributed by atoms with Crippen molar-refractivity contribution in [3.05, 3.63) is 0 Å². The van der Waals surface area contributed by atoms with Gasteiger partial charge in [0.15, 0.2) is 0 Å². The molecule has 0 atom stereocenters. The number of alkyl halides is 1. The maximum Gasteiger partial charge on any atom is 0.0945 e. The van der Waals surface area contributed by atoms with Crippen molar-refractivity contribution in [1.29, 1.82) is 0 Å². The zero-order valence-electron chi connectivity index (χ0n) is 3.66. The smallest absolute Gasteiger partial charge is 0.0945 e. The molecule has 0 fully saturated rings. The van der Waals surface area contributed by atoms with Gasteiger partial charge in [0, 0.05) is 0 Å². The Hall–Kier alpha value is -0.110. The lowest BCUT2D eigenvalue weighted by Gasteiger charge is -1.74. The van der Waals surface area contributed by atoms with Gasteiger partial charge in [0.2, 0.25) is 0 Å². The average Bonchev–Trinajstić information content (AvgIpc) is 0.811. The van der Waals surface area contributed by atoms with Gasteiger partial charge in [-0.1, -0.05) is 0 Å². The molecule has 0 aliphatic carbocycles. The quantitative estimate of drug-likeness (QED) is 0.469. The minimum absolute atomic E-state index is 0. The summed E-state index contributed by atoms with van der Waals surface area (Å²) in [6.45, 7) is 3.00. The van der Waals surface area contributed by atoms with Crippen LogP contribution in [-0.2, 0) is 0 Å². The summed E-state index contributed by atoms with van der Waals surface area (Å²) in [5.41, 5.74) is 0. The Morgan fingerprint density at radius 1 is 1.40 bits per heavy atom. The lowest BCUT2D eigenvalue weighted by Crippen LogP contribution is -1.73. The van der Waals surface area contributed by atoms with Crippen molar-refractivity contribution < 1.29 is 4.39 Å². The molecule has 0 unspecified atom stereocenters. The first-order valence-corrected chi connectivity index (χ1v) is 1.37. The highest BCUT2D eigenvalue weighted by Crippen LogP contribution is 1.77. The maximum absolute atomic E-state index is 11.0. The highest BCUT2D eigenvalue weighted by atomic mass is 19.1. The van der Waals surface area contributed by atoms with Crippen LogP contribution in [0.2, 0.25) is 0 Å². The van der Waals surface area contributed by atoms with E-state index < -0.39 is 6.17 Å². The molecule has 3 N–H and O–H groups in total. The predicted octanol–water partition coefficient (Wildman–Crippen LogP) is 1.53. The van der Waals surface area contributed by atoms with Crippen molar-refractivity contribution in [2.75, 3.05) is 0 Å². The van der Waals surface area contributed by atoms with Crippen LogP contribution in [0.5, 0.6) is 0 Å². The zero-order valence-corrected chi connectivity index (χ0v) is 3.66. The summed E-state index contributed by atoms with van der Waals surface area (Å²) in [4.78, 5) is 0. The van der Waals surface area contributed by atoms with E-state index in [0.29, 0.717) is 0 Å². The lowest BCUT2D eigenvalue weighted by atomic mass is 10.5. The van der Waals surface area contributed by atoms with Gasteiger partial charge in [0.05, 0.1) is 6.17 Å². The van der Waals surface area contributed by atoms with Crippen LogP contribution < -0.4 is 6.15 Å². The van der Waals surface area contributed by atoms with E-state index in [2.05, 4.69) is 0 Å². The van der Waals surface area contributed by atoms with Gasteiger partial charge in [0.25, 0.3) is 0 Å². The third-order valence-electron chi connectivity index (χ3n) is 0. The number of halogens is 1. The molecule has 0 aromatic rings. The molecule has 0 saturated carbocycles. The monoisotopic (exact) mass is 79.1 g/mol. The summed E-state index contributed by atoms with van der Waals surface area (Å²) < 4.78 is 11.0. The average molecular weight is 79.1 g/mol. The molecular weight excluding hydrogens is 69.0 g/mol. The normalized spacial score (nSPS) is 7.20. The Morgan fingerprint density at radius 2 is 1.40 bits per heavy atom. The van der Waals surface area contributed by atoms with Gasteiger partial charge < -0.3 is 6.15 Å². The van der Waals surface area contributed by atoms with Crippen molar-refractivity contribution >= 4 is 0 Å². The topological polar surface area (TPSA) is 35.0 Å². The van der Waals surface area contributed by atoms with Crippen molar-refractivity contribution in [2.24, 2.45) is 0 Å². The summed E-state index contributed by atoms with van der Waals surface area (Å²) in [6.07, 6.45) is -0.667. The van der Waals surface area contributed by atoms with E-state index in [0.717, 1.165) is 0 Å². The Bertz CT molecular complexity index is 11.6. The highest BCUT2D eigenvalue weighted by molar-refractivity contribution is 4.22. The van der Waals surface area contributed by atoms with Gasteiger partial charge in [-0.25, -0.2) is 4.39 Å². The van der Waals surface area contributed by atoms with Crippen LogP contribution in [0.1, 0.15) is 13.8 Å². The molecule has 0 aliphatic rings. The van der Waals surface area contributed by atoms with Crippen LogP contribution in [0.4, 0.5) is 4.39 Å². The second kappa shape index (κ2) is 3.89. The van der Waals surface area contributed by atoms with Gasteiger partial charge >= 0.3 is 0 Å². The van der Waals surface area contributed by atoms with Crippen molar-refractivity contribution in [3.8, 4) is 0 Å². The molecule has 0 aliphatic heterocycles. The largest absolute Gasteiger partial charge is 0.344 e. The van der Waals surface area contributed by atoms with E-state index >= 15 is 0 Å². The van der Waals surface area contributed by atoms with Crippen LogP contribution in [0.25, 0.3) is 0 Å². The van der Waals surface area contributed by atoms with Gasteiger partial charge in [-0.05, 0) is 13.8 Å². The Labute approximate surface area is 31.8 Å². The van der Waals surface area contributed by atoms with E-state index in [-0.39, 0.29) is 6.15 Å². The van der Waals surface area contributed by atoms with Crippen LogP contribution in [-0.4, -0.2) is 6.17 Å². The standard InChI is InChI=1S/C3H7F.H3N/c1-3(2)4;/h3H,1-2H3;1H3. The summed E-state index contributed by atoms with van der Waals surface area (Å²) >= 11 is 0.